The zero-order valence-electron chi connectivity index (χ0n) is 15.2. The van der Waals surface area contributed by atoms with Gasteiger partial charge in [-0.15, -0.1) is 22.7 Å². The van der Waals surface area contributed by atoms with Gasteiger partial charge in [-0.3, -0.25) is 4.79 Å². The molecule has 0 saturated heterocycles. The molecule has 3 aromatic rings. The van der Waals surface area contributed by atoms with E-state index in [4.69, 9.17) is 16.3 Å². The lowest BCUT2D eigenvalue weighted by Gasteiger charge is -2.15. The molecule has 0 atom stereocenters. The second-order valence-electron chi connectivity index (χ2n) is 6.33. The molecule has 2 aromatic heterocycles. The van der Waals surface area contributed by atoms with Crippen LogP contribution in [0.5, 0.6) is 5.75 Å². The standard InChI is InChI=1S/C18H16ClN3O4S3/c1-22(29(24,25)17-5-4-15(19)28-17)9-16(23)21-18-20-13(10-27-18)11-2-3-14-12(8-11)6-7-26-14/h2-5,8,10H,6-7,9H2,1H3,(H,20,21,23). The summed E-state index contributed by atoms with van der Waals surface area (Å²) in [5.74, 6) is 0.427. The molecule has 0 spiro atoms. The minimum atomic E-state index is -3.77. The predicted molar refractivity (Wildman–Crippen MR) is 115 cm³/mol. The average molecular weight is 470 g/mol. The number of thiazole rings is 1. The number of amides is 1. The van der Waals surface area contributed by atoms with E-state index in [-0.39, 0.29) is 10.8 Å². The van der Waals surface area contributed by atoms with Crippen LogP contribution in [-0.4, -0.2) is 43.8 Å². The Labute approximate surface area is 181 Å². The Hall–Kier alpha value is -1.98. The number of carbonyl (C=O) groups excluding carboxylic acids is 1. The van der Waals surface area contributed by atoms with Crippen molar-refractivity contribution in [3.05, 3.63) is 45.6 Å². The molecule has 1 aliphatic rings. The number of ether oxygens (including phenoxy) is 1. The second-order valence-corrected chi connectivity index (χ2v) is 11.2. The van der Waals surface area contributed by atoms with Crippen molar-refractivity contribution in [3.8, 4) is 17.0 Å². The van der Waals surface area contributed by atoms with Crippen molar-refractivity contribution < 1.29 is 17.9 Å². The number of halogens is 1. The second kappa shape index (κ2) is 8.04. The van der Waals surface area contributed by atoms with Gasteiger partial charge in [0.25, 0.3) is 10.0 Å². The summed E-state index contributed by atoms with van der Waals surface area (Å²) < 4.78 is 31.9. The first-order valence-electron chi connectivity index (χ1n) is 8.56. The fraction of sp³-hybridized carbons (Fsp3) is 0.222. The van der Waals surface area contributed by atoms with E-state index in [9.17, 15) is 13.2 Å². The molecule has 29 heavy (non-hydrogen) atoms. The first kappa shape index (κ1) is 20.3. The number of rotatable bonds is 6. The van der Waals surface area contributed by atoms with E-state index in [1.54, 1.807) is 0 Å². The van der Waals surface area contributed by atoms with Gasteiger partial charge in [0, 0.05) is 24.4 Å². The SMILES string of the molecule is CN(CC(=O)Nc1nc(-c2ccc3c(c2)CCO3)cs1)S(=O)(=O)c1ccc(Cl)s1. The molecule has 3 heterocycles. The summed E-state index contributed by atoms with van der Waals surface area (Å²) in [6.45, 7) is 0.355. The third-order valence-electron chi connectivity index (χ3n) is 4.32. The highest BCUT2D eigenvalue weighted by molar-refractivity contribution is 7.91. The molecule has 152 valence electrons. The van der Waals surface area contributed by atoms with Gasteiger partial charge in [-0.05, 0) is 35.9 Å². The van der Waals surface area contributed by atoms with E-state index in [1.807, 2.05) is 23.6 Å². The molecule has 0 aliphatic carbocycles. The summed E-state index contributed by atoms with van der Waals surface area (Å²) in [5.41, 5.74) is 2.83. The Morgan fingerprint density at radius 2 is 2.17 bits per heavy atom. The van der Waals surface area contributed by atoms with Crippen LogP contribution >= 0.6 is 34.3 Å². The Bertz CT molecular complexity index is 1170. The van der Waals surface area contributed by atoms with Gasteiger partial charge in [-0.2, -0.15) is 4.31 Å². The molecular formula is C18H16ClN3O4S3. The van der Waals surface area contributed by atoms with Gasteiger partial charge in [0.1, 0.15) is 9.96 Å². The summed E-state index contributed by atoms with van der Waals surface area (Å²) in [5, 5.41) is 4.92. The van der Waals surface area contributed by atoms with Crippen molar-refractivity contribution in [1.82, 2.24) is 9.29 Å². The van der Waals surface area contributed by atoms with Crippen molar-refractivity contribution in [2.45, 2.75) is 10.6 Å². The highest BCUT2D eigenvalue weighted by Gasteiger charge is 2.25. The molecule has 1 aromatic carbocycles. The quantitative estimate of drug-likeness (QED) is 0.594. The maximum atomic E-state index is 12.5. The Kier molecular flexibility index (Phi) is 5.63. The van der Waals surface area contributed by atoms with Crippen molar-refractivity contribution >= 4 is 55.3 Å². The molecule has 0 fully saturated rings. The number of nitrogens with one attached hydrogen (secondary N) is 1. The Balaban J connectivity index is 1.41. The van der Waals surface area contributed by atoms with Gasteiger partial charge >= 0.3 is 0 Å². The number of sulfonamides is 1. The van der Waals surface area contributed by atoms with Crippen LogP contribution < -0.4 is 10.1 Å². The van der Waals surface area contributed by atoms with Crippen LogP contribution in [0.1, 0.15) is 5.56 Å². The van der Waals surface area contributed by atoms with Crippen LogP contribution in [0.3, 0.4) is 0 Å². The molecule has 1 aliphatic heterocycles. The minimum Gasteiger partial charge on any atom is -0.493 e. The zero-order valence-corrected chi connectivity index (χ0v) is 18.4. The first-order valence-corrected chi connectivity index (χ1v) is 12.1. The monoisotopic (exact) mass is 469 g/mol. The van der Waals surface area contributed by atoms with Crippen LogP contribution in [0, 0.1) is 0 Å². The van der Waals surface area contributed by atoms with E-state index < -0.39 is 15.9 Å². The fourth-order valence-electron chi connectivity index (χ4n) is 2.85. The molecule has 1 amide bonds. The molecule has 1 N–H and O–H groups in total. The van der Waals surface area contributed by atoms with Gasteiger partial charge < -0.3 is 10.1 Å². The Morgan fingerprint density at radius 3 is 2.93 bits per heavy atom. The maximum Gasteiger partial charge on any atom is 0.252 e. The van der Waals surface area contributed by atoms with Gasteiger partial charge in [0.15, 0.2) is 5.13 Å². The van der Waals surface area contributed by atoms with Crippen molar-refractivity contribution in [2.24, 2.45) is 0 Å². The highest BCUT2D eigenvalue weighted by atomic mass is 35.5. The topological polar surface area (TPSA) is 88.6 Å². The molecule has 11 heteroatoms. The number of thiophene rings is 1. The molecular weight excluding hydrogens is 454 g/mol. The van der Waals surface area contributed by atoms with Crippen LogP contribution in [0.4, 0.5) is 5.13 Å². The van der Waals surface area contributed by atoms with E-state index in [0.717, 1.165) is 44.6 Å². The largest absolute Gasteiger partial charge is 0.493 e. The number of anilines is 1. The van der Waals surface area contributed by atoms with E-state index >= 15 is 0 Å². The smallest absolute Gasteiger partial charge is 0.252 e. The van der Waals surface area contributed by atoms with Gasteiger partial charge in [-0.25, -0.2) is 13.4 Å². The third-order valence-corrected chi connectivity index (χ3v) is 8.57. The number of carbonyl (C=O) groups is 1. The summed E-state index contributed by atoms with van der Waals surface area (Å²) in [7, 11) is -2.42. The van der Waals surface area contributed by atoms with Gasteiger partial charge in [0.05, 0.1) is 23.2 Å². The van der Waals surface area contributed by atoms with E-state index in [1.165, 1.54) is 30.5 Å². The first-order chi connectivity index (χ1) is 13.8. The molecule has 0 radical (unpaired) electrons. The lowest BCUT2D eigenvalue weighted by Crippen LogP contribution is -2.34. The van der Waals surface area contributed by atoms with Crippen LogP contribution in [0.15, 0.2) is 39.9 Å². The lowest BCUT2D eigenvalue weighted by atomic mass is 10.1. The van der Waals surface area contributed by atoms with Crippen molar-refractivity contribution in [1.29, 1.82) is 0 Å². The summed E-state index contributed by atoms with van der Waals surface area (Å²) >= 11 is 8.04. The molecule has 4 rings (SSSR count). The lowest BCUT2D eigenvalue weighted by molar-refractivity contribution is -0.116. The number of fused-ring (bicyclic) bond motifs is 1. The minimum absolute atomic E-state index is 0.0925. The molecule has 7 nitrogen and oxygen atoms in total. The Morgan fingerprint density at radius 1 is 1.34 bits per heavy atom. The summed E-state index contributed by atoms with van der Waals surface area (Å²) in [4.78, 5) is 16.8. The average Bonchev–Trinajstić information content (AvgIpc) is 3.41. The van der Waals surface area contributed by atoms with Crippen molar-refractivity contribution in [2.75, 3.05) is 25.5 Å². The van der Waals surface area contributed by atoms with Gasteiger partial charge in [0.2, 0.25) is 5.91 Å². The van der Waals surface area contributed by atoms with Crippen molar-refractivity contribution in [3.63, 3.8) is 0 Å². The van der Waals surface area contributed by atoms with E-state index in [2.05, 4.69) is 10.3 Å². The number of benzene rings is 1. The summed E-state index contributed by atoms with van der Waals surface area (Å²) in [6.07, 6.45) is 0.868. The predicted octanol–water partition coefficient (Wildman–Crippen LogP) is 3.72. The normalized spacial score (nSPS) is 13.3. The third kappa shape index (κ3) is 4.31. The molecule has 0 saturated carbocycles. The zero-order chi connectivity index (χ0) is 20.6. The van der Waals surface area contributed by atoms with Gasteiger partial charge in [-0.1, -0.05) is 11.6 Å². The van der Waals surface area contributed by atoms with E-state index in [0.29, 0.717) is 16.1 Å². The number of nitrogens with zero attached hydrogens (tertiary/aromatic N) is 2. The molecule has 0 bridgehead atoms. The number of hydrogen-bond acceptors (Lipinski definition) is 7. The molecule has 0 unspecified atom stereocenters. The fourth-order valence-corrected chi connectivity index (χ4v) is 6.40. The summed E-state index contributed by atoms with van der Waals surface area (Å²) in [6, 6.07) is 8.82. The van der Waals surface area contributed by atoms with Crippen LogP contribution in [-0.2, 0) is 21.2 Å². The van der Waals surface area contributed by atoms with Crippen LogP contribution in [0.2, 0.25) is 4.34 Å². The highest BCUT2D eigenvalue weighted by Crippen LogP contribution is 2.32. The number of aromatic nitrogens is 1. The van der Waals surface area contributed by atoms with Crippen LogP contribution in [0.25, 0.3) is 11.3 Å². The number of hydrogen-bond donors (Lipinski definition) is 1. The maximum absolute atomic E-state index is 12.5. The number of likely N-dealkylation sites (N-methyl/N-ethyl adjacent to an activating group) is 1.